The summed E-state index contributed by atoms with van der Waals surface area (Å²) < 4.78 is 7.59. The van der Waals surface area contributed by atoms with Crippen LogP contribution in [-0.4, -0.2) is 33.4 Å². The minimum atomic E-state index is 0.213. The minimum absolute atomic E-state index is 0.213. The summed E-state index contributed by atoms with van der Waals surface area (Å²) in [5.74, 6) is 3.31. The number of ketones is 1. The van der Waals surface area contributed by atoms with Crippen LogP contribution in [0.15, 0.2) is 29.4 Å². The molecule has 0 radical (unpaired) electrons. The maximum absolute atomic E-state index is 11.3. The van der Waals surface area contributed by atoms with E-state index in [1.807, 2.05) is 24.3 Å². The maximum Gasteiger partial charge on any atom is 0.191 e. The average molecular weight is 374 g/mol. The van der Waals surface area contributed by atoms with Crippen LogP contribution in [0.25, 0.3) is 11.4 Å². The molecular weight excluding hydrogens is 346 g/mol. The van der Waals surface area contributed by atoms with Gasteiger partial charge in [-0.1, -0.05) is 31.5 Å². The molecule has 26 heavy (non-hydrogen) atoms. The van der Waals surface area contributed by atoms with Crippen molar-refractivity contribution in [2.24, 2.45) is 5.92 Å². The van der Waals surface area contributed by atoms with Gasteiger partial charge in [0, 0.05) is 23.8 Å². The minimum Gasteiger partial charge on any atom is -0.497 e. The van der Waals surface area contributed by atoms with E-state index in [0.29, 0.717) is 18.4 Å². The third-order valence-electron chi connectivity index (χ3n) is 5.10. The third-order valence-corrected chi connectivity index (χ3v) is 6.04. The van der Waals surface area contributed by atoms with Crippen molar-refractivity contribution in [2.75, 3.05) is 12.9 Å². The second-order valence-corrected chi connectivity index (χ2v) is 8.10. The Morgan fingerprint density at radius 2 is 1.96 bits per heavy atom. The number of thioether (sulfide) groups is 1. The molecule has 1 saturated carbocycles. The van der Waals surface area contributed by atoms with Gasteiger partial charge >= 0.3 is 0 Å². The predicted molar refractivity (Wildman–Crippen MR) is 105 cm³/mol. The first-order valence-electron chi connectivity index (χ1n) is 9.31. The number of benzene rings is 1. The van der Waals surface area contributed by atoms with Gasteiger partial charge in [-0.2, -0.15) is 0 Å². The smallest absolute Gasteiger partial charge is 0.191 e. The Hall–Kier alpha value is -1.82. The molecule has 0 N–H and O–H groups in total. The highest BCUT2D eigenvalue weighted by Crippen LogP contribution is 2.39. The van der Waals surface area contributed by atoms with Crippen molar-refractivity contribution in [2.45, 2.75) is 57.1 Å². The zero-order valence-electron chi connectivity index (χ0n) is 15.8. The van der Waals surface area contributed by atoms with Crippen molar-refractivity contribution in [1.29, 1.82) is 0 Å². The van der Waals surface area contributed by atoms with Crippen LogP contribution in [0.1, 0.15) is 52.0 Å². The fraction of sp³-hybridized carbons (Fsp3) is 0.550. The summed E-state index contributed by atoms with van der Waals surface area (Å²) in [5.41, 5.74) is 1.05. The second-order valence-electron chi connectivity index (χ2n) is 7.03. The number of hydrogen-bond donors (Lipinski definition) is 0. The van der Waals surface area contributed by atoms with Crippen molar-refractivity contribution < 1.29 is 9.53 Å². The molecule has 0 aliphatic heterocycles. The first-order chi connectivity index (χ1) is 12.6. The Labute approximate surface area is 159 Å². The number of carbonyl (C=O) groups excluding carboxylic acids is 1. The van der Waals surface area contributed by atoms with Crippen LogP contribution in [0.3, 0.4) is 0 Å². The van der Waals surface area contributed by atoms with Crippen molar-refractivity contribution in [3.63, 3.8) is 0 Å². The lowest BCUT2D eigenvalue weighted by Crippen LogP contribution is -2.22. The van der Waals surface area contributed by atoms with E-state index < -0.39 is 0 Å². The molecule has 1 aliphatic carbocycles. The van der Waals surface area contributed by atoms with Crippen LogP contribution in [0.2, 0.25) is 0 Å². The molecule has 2 atom stereocenters. The van der Waals surface area contributed by atoms with Gasteiger partial charge in [-0.05, 0) is 49.9 Å². The van der Waals surface area contributed by atoms with E-state index >= 15 is 0 Å². The maximum atomic E-state index is 11.3. The second kappa shape index (κ2) is 8.71. The van der Waals surface area contributed by atoms with E-state index in [-0.39, 0.29) is 5.78 Å². The molecule has 1 fully saturated rings. The van der Waals surface area contributed by atoms with Crippen LogP contribution in [-0.2, 0) is 4.79 Å². The van der Waals surface area contributed by atoms with Gasteiger partial charge in [0.25, 0.3) is 0 Å². The normalized spacial score (nSPS) is 20.1. The van der Waals surface area contributed by atoms with E-state index in [0.717, 1.165) is 34.5 Å². The number of methoxy groups -OCH3 is 1. The van der Waals surface area contributed by atoms with Crippen molar-refractivity contribution >= 4 is 17.5 Å². The molecule has 2 aromatic rings. The van der Waals surface area contributed by atoms with Gasteiger partial charge in [0.1, 0.15) is 11.5 Å². The highest BCUT2D eigenvalue weighted by Gasteiger charge is 2.28. The largest absolute Gasteiger partial charge is 0.497 e. The fourth-order valence-electron chi connectivity index (χ4n) is 3.58. The molecule has 1 heterocycles. The molecule has 0 spiro atoms. The Morgan fingerprint density at radius 3 is 2.62 bits per heavy atom. The summed E-state index contributed by atoms with van der Waals surface area (Å²) in [6.45, 7) is 3.96. The van der Waals surface area contributed by atoms with E-state index in [2.05, 4.69) is 21.7 Å². The number of nitrogens with zero attached hydrogens (tertiary/aromatic N) is 3. The summed E-state index contributed by atoms with van der Waals surface area (Å²) in [7, 11) is 1.67. The molecule has 1 aromatic carbocycles. The molecule has 6 heteroatoms. The zero-order valence-corrected chi connectivity index (χ0v) is 16.6. The Morgan fingerprint density at radius 1 is 1.23 bits per heavy atom. The molecule has 0 amide bonds. The van der Waals surface area contributed by atoms with E-state index in [4.69, 9.17) is 4.74 Å². The lowest BCUT2D eigenvalue weighted by molar-refractivity contribution is -0.116. The van der Waals surface area contributed by atoms with Crippen LogP contribution in [0, 0.1) is 5.92 Å². The molecule has 0 bridgehead atoms. The fourth-order valence-corrected chi connectivity index (χ4v) is 4.61. The molecule has 1 aliphatic rings. The zero-order chi connectivity index (χ0) is 18.5. The number of ether oxygens (including phenoxy) is 1. The van der Waals surface area contributed by atoms with E-state index in [9.17, 15) is 4.79 Å². The third kappa shape index (κ3) is 4.29. The summed E-state index contributed by atoms with van der Waals surface area (Å²) in [5, 5.41) is 9.92. The van der Waals surface area contributed by atoms with Gasteiger partial charge in [0.05, 0.1) is 7.11 Å². The summed E-state index contributed by atoms with van der Waals surface area (Å²) in [6.07, 6.45) is 5.50. The molecule has 140 valence electrons. The highest BCUT2D eigenvalue weighted by atomic mass is 32.2. The number of Topliss-reactive ketones (excluding diaryl/α,β-unsaturated/α-hetero) is 1. The summed E-state index contributed by atoms with van der Waals surface area (Å²) in [6, 6.07) is 8.41. The number of hydrogen-bond acceptors (Lipinski definition) is 5. The number of rotatable bonds is 7. The van der Waals surface area contributed by atoms with E-state index in [1.54, 1.807) is 25.8 Å². The molecule has 0 unspecified atom stereocenters. The summed E-state index contributed by atoms with van der Waals surface area (Å²) in [4.78, 5) is 11.3. The van der Waals surface area contributed by atoms with Gasteiger partial charge in [-0.3, -0.25) is 9.36 Å². The van der Waals surface area contributed by atoms with Crippen molar-refractivity contribution in [3.05, 3.63) is 24.3 Å². The lowest BCUT2D eigenvalue weighted by atomic mass is 9.85. The number of aromatic nitrogens is 3. The quantitative estimate of drug-likeness (QED) is 0.654. The van der Waals surface area contributed by atoms with Crippen molar-refractivity contribution in [3.8, 4) is 17.1 Å². The van der Waals surface area contributed by atoms with E-state index in [1.165, 1.54) is 19.3 Å². The van der Waals surface area contributed by atoms with Gasteiger partial charge in [0.2, 0.25) is 0 Å². The van der Waals surface area contributed by atoms with Gasteiger partial charge < -0.3 is 4.74 Å². The lowest BCUT2D eigenvalue weighted by Gasteiger charge is -2.31. The summed E-state index contributed by atoms with van der Waals surface area (Å²) >= 11 is 1.64. The SMILES string of the molecule is COc1ccc(-c2nnc(SCCC(C)=O)n2[C@H]2CCCC[C@@H]2C)cc1. The van der Waals surface area contributed by atoms with Crippen LogP contribution >= 0.6 is 11.8 Å². The van der Waals surface area contributed by atoms with Crippen LogP contribution in [0.4, 0.5) is 0 Å². The molecule has 1 aromatic heterocycles. The Bertz CT molecular complexity index is 742. The van der Waals surface area contributed by atoms with Crippen molar-refractivity contribution in [1.82, 2.24) is 14.8 Å². The molecular formula is C20H27N3O2S. The standard InChI is InChI=1S/C20H27N3O2S/c1-14-6-4-5-7-18(14)23-19(16-8-10-17(25-3)11-9-16)21-22-20(23)26-13-12-15(2)24/h8-11,14,18H,4-7,12-13H2,1-3H3/t14-,18-/m0/s1. The Kier molecular flexibility index (Phi) is 6.35. The van der Waals surface area contributed by atoms with Crippen LogP contribution < -0.4 is 4.74 Å². The van der Waals surface area contributed by atoms with Gasteiger partial charge in [0.15, 0.2) is 11.0 Å². The monoisotopic (exact) mass is 373 g/mol. The predicted octanol–water partition coefficient (Wildman–Crippen LogP) is 4.78. The number of carbonyl (C=O) groups is 1. The average Bonchev–Trinajstić information content (AvgIpc) is 3.05. The topological polar surface area (TPSA) is 57.0 Å². The van der Waals surface area contributed by atoms with Gasteiger partial charge in [-0.15, -0.1) is 10.2 Å². The van der Waals surface area contributed by atoms with Gasteiger partial charge in [-0.25, -0.2) is 0 Å². The highest BCUT2D eigenvalue weighted by molar-refractivity contribution is 7.99. The first-order valence-corrected chi connectivity index (χ1v) is 10.3. The molecule has 0 saturated heterocycles. The Balaban J connectivity index is 1.94. The van der Waals surface area contributed by atoms with Crippen LogP contribution in [0.5, 0.6) is 5.75 Å². The first kappa shape index (κ1) is 19.0. The molecule has 3 rings (SSSR count). The molecule has 5 nitrogen and oxygen atoms in total.